The summed E-state index contributed by atoms with van der Waals surface area (Å²) in [4.78, 5) is 29.8. The third-order valence-corrected chi connectivity index (χ3v) is 4.60. The molecule has 0 saturated carbocycles. The standard InChI is InChI=1S/C21H26N4O4/c1-4-6-11-17(21(27)23-18-12-14(3)29-24-18)28-20(26)13-25-16-10-8-7-9-15(16)22-19(25)5-2/h7-10,12,17H,4-6,11,13H2,1-3H3,(H,23,24,27). The Morgan fingerprint density at radius 1 is 1.28 bits per heavy atom. The van der Waals surface area contributed by atoms with Gasteiger partial charge in [-0.15, -0.1) is 0 Å². The molecule has 3 aromatic rings. The molecule has 0 aliphatic heterocycles. The van der Waals surface area contributed by atoms with Gasteiger partial charge in [0.25, 0.3) is 5.91 Å². The van der Waals surface area contributed by atoms with E-state index in [1.807, 2.05) is 42.7 Å². The number of carbonyl (C=O) groups excluding carboxylic acids is 2. The van der Waals surface area contributed by atoms with Crippen LogP contribution in [0.5, 0.6) is 0 Å². The minimum atomic E-state index is -0.890. The van der Waals surface area contributed by atoms with Gasteiger partial charge in [-0.05, 0) is 31.9 Å². The van der Waals surface area contributed by atoms with E-state index in [0.717, 1.165) is 29.7 Å². The van der Waals surface area contributed by atoms with Gasteiger partial charge in [-0.1, -0.05) is 37.6 Å². The number of anilines is 1. The Morgan fingerprint density at radius 2 is 2.07 bits per heavy atom. The van der Waals surface area contributed by atoms with E-state index in [0.29, 0.717) is 24.4 Å². The van der Waals surface area contributed by atoms with E-state index < -0.39 is 18.0 Å². The number of fused-ring (bicyclic) bond motifs is 1. The van der Waals surface area contributed by atoms with E-state index in [1.54, 1.807) is 13.0 Å². The number of aryl methyl sites for hydroxylation is 2. The zero-order valence-electron chi connectivity index (χ0n) is 17.0. The maximum atomic E-state index is 12.7. The van der Waals surface area contributed by atoms with Crippen LogP contribution in [0.15, 0.2) is 34.9 Å². The van der Waals surface area contributed by atoms with Crippen LogP contribution in [-0.4, -0.2) is 32.7 Å². The van der Waals surface area contributed by atoms with Gasteiger partial charge in [0, 0.05) is 12.5 Å². The Morgan fingerprint density at radius 3 is 2.76 bits per heavy atom. The van der Waals surface area contributed by atoms with Crippen molar-refractivity contribution in [2.24, 2.45) is 0 Å². The Balaban J connectivity index is 1.72. The molecule has 0 spiro atoms. The summed E-state index contributed by atoms with van der Waals surface area (Å²) < 4.78 is 12.4. The Labute approximate surface area is 169 Å². The quantitative estimate of drug-likeness (QED) is 0.553. The number of carbonyl (C=O) groups is 2. The predicted octanol–water partition coefficient (Wildman–Crippen LogP) is 3.64. The van der Waals surface area contributed by atoms with Gasteiger partial charge in [0.15, 0.2) is 11.9 Å². The molecule has 0 saturated heterocycles. The SMILES string of the molecule is CCCCC(OC(=O)Cn1c(CC)nc2ccccc21)C(=O)Nc1cc(C)on1. The first kappa shape index (κ1) is 20.6. The lowest BCUT2D eigenvalue weighted by Crippen LogP contribution is -2.34. The fourth-order valence-electron chi connectivity index (χ4n) is 3.16. The number of ether oxygens (including phenoxy) is 1. The zero-order valence-corrected chi connectivity index (χ0v) is 17.0. The summed E-state index contributed by atoms with van der Waals surface area (Å²) in [6, 6.07) is 9.26. The highest BCUT2D eigenvalue weighted by Gasteiger charge is 2.24. The molecule has 0 aliphatic carbocycles. The second-order valence-corrected chi connectivity index (χ2v) is 6.89. The van der Waals surface area contributed by atoms with Gasteiger partial charge in [-0.2, -0.15) is 0 Å². The van der Waals surface area contributed by atoms with Gasteiger partial charge in [0.2, 0.25) is 0 Å². The first-order valence-corrected chi connectivity index (χ1v) is 9.89. The number of nitrogens with one attached hydrogen (secondary N) is 1. The van der Waals surface area contributed by atoms with Crippen LogP contribution in [0.3, 0.4) is 0 Å². The Kier molecular flexibility index (Phi) is 6.64. The van der Waals surface area contributed by atoms with E-state index in [4.69, 9.17) is 9.26 Å². The van der Waals surface area contributed by atoms with Crippen molar-refractivity contribution in [1.82, 2.24) is 14.7 Å². The van der Waals surface area contributed by atoms with Gasteiger partial charge < -0.3 is 19.1 Å². The van der Waals surface area contributed by atoms with Crippen LogP contribution in [0.1, 0.15) is 44.7 Å². The van der Waals surface area contributed by atoms with Crippen LogP contribution in [0, 0.1) is 6.92 Å². The molecule has 0 aliphatic rings. The normalized spacial score (nSPS) is 12.1. The van der Waals surface area contributed by atoms with Gasteiger partial charge >= 0.3 is 5.97 Å². The number of esters is 1. The summed E-state index contributed by atoms with van der Waals surface area (Å²) in [5, 5.41) is 6.40. The second kappa shape index (κ2) is 9.36. The van der Waals surface area contributed by atoms with Crippen LogP contribution in [-0.2, 0) is 27.3 Å². The highest BCUT2D eigenvalue weighted by molar-refractivity contribution is 5.94. The molecular formula is C21H26N4O4. The molecule has 1 unspecified atom stereocenters. The monoisotopic (exact) mass is 398 g/mol. The summed E-state index contributed by atoms with van der Waals surface area (Å²) in [6.45, 7) is 5.74. The van der Waals surface area contributed by atoms with Crippen LogP contribution in [0.25, 0.3) is 11.0 Å². The van der Waals surface area contributed by atoms with Crippen LogP contribution in [0.4, 0.5) is 5.82 Å². The van der Waals surface area contributed by atoms with Crippen LogP contribution >= 0.6 is 0 Å². The smallest absolute Gasteiger partial charge is 0.326 e. The molecule has 0 radical (unpaired) electrons. The topological polar surface area (TPSA) is 99.2 Å². The van der Waals surface area contributed by atoms with Crippen molar-refractivity contribution in [2.45, 2.75) is 59.1 Å². The molecule has 1 amide bonds. The van der Waals surface area contributed by atoms with E-state index >= 15 is 0 Å². The van der Waals surface area contributed by atoms with Gasteiger partial charge in [0.05, 0.1) is 11.0 Å². The molecule has 2 aromatic heterocycles. The lowest BCUT2D eigenvalue weighted by Gasteiger charge is -2.17. The number of hydrogen-bond acceptors (Lipinski definition) is 6. The van der Waals surface area contributed by atoms with Crippen molar-refractivity contribution in [3.63, 3.8) is 0 Å². The van der Waals surface area contributed by atoms with Gasteiger partial charge in [-0.25, -0.2) is 4.98 Å². The molecular weight excluding hydrogens is 372 g/mol. The molecule has 0 bridgehead atoms. The molecule has 2 heterocycles. The average Bonchev–Trinajstić information content (AvgIpc) is 3.28. The molecule has 154 valence electrons. The lowest BCUT2D eigenvalue weighted by molar-refractivity contribution is -0.155. The highest BCUT2D eigenvalue weighted by Crippen LogP contribution is 2.17. The number of nitrogens with zero attached hydrogens (tertiary/aromatic N) is 3. The largest absolute Gasteiger partial charge is 0.451 e. The van der Waals surface area contributed by atoms with Crippen molar-refractivity contribution in [1.29, 1.82) is 0 Å². The fraction of sp³-hybridized carbons (Fsp3) is 0.429. The molecule has 29 heavy (non-hydrogen) atoms. The number of imidazole rings is 1. The highest BCUT2D eigenvalue weighted by atomic mass is 16.5. The lowest BCUT2D eigenvalue weighted by atomic mass is 10.1. The minimum Gasteiger partial charge on any atom is -0.451 e. The van der Waals surface area contributed by atoms with Crippen molar-refractivity contribution in [3.05, 3.63) is 41.9 Å². The number of benzene rings is 1. The van der Waals surface area contributed by atoms with Crippen LogP contribution < -0.4 is 5.32 Å². The Hall–Kier alpha value is -3.16. The maximum Gasteiger partial charge on any atom is 0.326 e. The molecule has 1 N–H and O–H groups in total. The average molecular weight is 398 g/mol. The number of aromatic nitrogens is 3. The number of rotatable bonds is 9. The van der Waals surface area contributed by atoms with E-state index in [-0.39, 0.29) is 6.54 Å². The van der Waals surface area contributed by atoms with E-state index in [9.17, 15) is 9.59 Å². The molecule has 3 rings (SSSR count). The second-order valence-electron chi connectivity index (χ2n) is 6.89. The third kappa shape index (κ3) is 5.01. The summed E-state index contributed by atoms with van der Waals surface area (Å²) in [6.07, 6.45) is 1.89. The predicted molar refractivity (Wildman–Crippen MR) is 108 cm³/mol. The maximum absolute atomic E-state index is 12.7. The summed E-state index contributed by atoms with van der Waals surface area (Å²) in [7, 11) is 0. The first-order valence-electron chi connectivity index (χ1n) is 9.89. The van der Waals surface area contributed by atoms with Crippen molar-refractivity contribution in [2.75, 3.05) is 5.32 Å². The minimum absolute atomic E-state index is 0.00264. The third-order valence-electron chi connectivity index (χ3n) is 4.60. The van der Waals surface area contributed by atoms with Gasteiger partial charge in [0.1, 0.15) is 18.1 Å². The van der Waals surface area contributed by atoms with E-state index in [2.05, 4.69) is 15.5 Å². The zero-order chi connectivity index (χ0) is 20.8. The summed E-state index contributed by atoms with van der Waals surface area (Å²) >= 11 is 0. The number of hydrogen-bond donors (Lipinski definition) is 1. The fourth-order valence-corrected chi connectivity index (χ4v) is 3.16. The van der Waals surface area contributed by atoms with Crippen molar-refractivity contribution < 1.29 is 18.8 Å². The number of para-hydroxylation sites is 2. The number of amides is 1. The molecule has 1 aromatic carbocycles. The summed E-state index contributed by atoms with van der Waals surface area (Å²) in [5.74, 6) is 0.804. The molecule has 8 heteroatoms. The van der Waals surface area contributed by atoms with Crippen molar-refractivity contribution in [3.8, 4) is 0 Å². The van der Waals surface area contributed by atoms with Gasteiger partial charge in [-0.3, -0.25) is 9.59 Å². The first-order chi connectivity index (χ1) is 14.0. The summed E-state index contributed by atoms with van der Waals surface area (Å²) in [5.41, 5.74) is 1.70. The van der Waals surface area contributed by atoms with E-state index in [1.165, 1.54) is 0 Å². The van der Waals surface area contributed by atoms with Crippen molar-refractivity contribution >= 4 is 28.7 Å². The molecule has 0 fully saturated rings. The molecule has 8 nitrogen and oxygen atoms in total. The Bertz CT molecular complexity index is 992. The number of unbranched alkanes of at least 4 members (excludes halogenated alkanes) is 1. The van der Waals surface area contributed by atoms with Crippen LogP contribution in [0.2, 0.25) is 0 Å². The molecule has 1 atom stereocenters.